The van der Waals surface area contributed by atoms with Crippen LogP contribution < -0.4 is 0 Å². The summed E-state index contributed by atoms with van der Waals surface area (Å²) in [6.45, 7) is 0. The van der Waals surface area contributed by atoms with Gasteiger partial charge in [0.05, 0.1) is 10.2 Å². The second-order valence-corrected chi connectivity index (χ2v) is 4.77. The zero-order chi connectivity index (χ0) is 10.5. The molecule has 0 saturated carbocycles. The van der Waals surface area contributed by atoms with Crippen molar-refractivity contribution in [1.29, 1.82) is 0 Å². The Morgan fingerprint density at radius 3 is 3.06 bits per heavy atom. The Morgan fingerprint density at radius 1 is 1.12 bits per heavy atom. The lowest BCUT2D eigenvalue weighted by Gasteiger charge is -1.93. The Bertz CT molecular complexity index is 813. The summed E-state index contributed by atoms with van der Waals surface area (Å²) in [6, 6.07) is 8.35. The maximum Gasteiger partial charge on any atom is 0.234 e. The number of thiophene rings is 1. The fraction of sp³-hybridized carbons (Fsp3) is 0. The van der Waals surface area contributed by atoms with Gasteiger partial charge >= 0.3 is 0 Å². The molecule has 0 fully saturated rings. The Morgan fingerprint density at radius 2 is 2.06 bits per heavy atom. The molecule has 3 nitrogen and oxygen atoms in total. The first kappa shape index (κ1) is 8.24. The highest BCUT2D eigenvalue weighted by Gasteiger charge is 2.07. The first-order valence-electron chi connectivity index (χ1n) is 5.03. The molecule has 0 radical (unpaired) electrons. The largest absolute Gasteiger partial charge is 0.290 e. The van der Waals surface area contributed by atoms with Crippen LogP contribution in [0.25, 0.3) is 26.1 Å². The zero-order valence-corrected chi connectivity index (χ0v) is 9.11. The van der Waals surface area contributed by atoms with Crippen molar-refractivity contribution in [3.05, 3.63) is 42.9 Å². The summed E-state index contributed by atoms with van der Waals surface area (Å²) < 4.78 is 4.43. The first-order chi connectivity index (χ1) is 7.92. The van der Waals surface area contributed by atoms with Gasteiger partial charge in [-0.05, 0) is 6.07 Å². The third kappa shape index (κ3) is 0.967. The van der Waals surface area contributed by atoms with Crippen molar-refractivity contribution in [2.75, 3.05) is 0 Å². The van der Waals surface area contributed by atoms with E-state index in [2.05, 4.69) is 34.4 Å². The van der Waals surface area contributed by atoms with Gasteiger partial charge in [0, 0.05) is 28.7 Å². The molecule has 0 bridgehead atoms. The van der Waals surface area contributed by atoms with E-state index in [9.17, 15) is 0 Å². The standard InChI is InChI=1S/C12H7N3S/c1-2-4-9-8(3-1)11-10(16-9)7-15-6-5-13-12(15)14-11/h1-7H. The molecule has 16 heavy (non-hydrogen) atoms. The number of rotatable bonds is 0. The number of fused-ring (bicyclic) bond motifs is 4. The quantitative estimate of drug-likeness (QED) is 0.460. The lowest BCUT2D eigenvalue weighted by Crippen LogP contribution is -1.86. The van der Waals surface area contributed by atoms with Crippen LogP contribution in [-0.2, 0) is 0 Å². The van der Waals surface area contributed by atoms with Crippen molar-refractivity contribution in [3.63, 3.8) is 0 Å². The van der Waals surface area contributed by atoms with Gasteiger partial charge in [0.25, 0.3) is 0 Å². The Labute approximate surface area is 95.0 Å². The molecule has 4 aromatic rings. The SMILES string of the molecule is c1ccc2c(c1)sc1cn3ccnc3nc12. The molecule has 3 aromatic heterocycles. The van der Waals surface area contributed by atoms with Crippen LogP contribution in [0.4, 0.5) is 0 Å². The summed E-state index contributed by atoms with van der Waals surface area (Å²) in [5.74, 6) is 0.760. The molecule has 76 valence electrons. The Kier molecular flexibility index (Phi) is 1.44. The van der Waals surface area contributed by atoms with Gasteiger partial charge in [-0.2, -0.15) is 0 Å². The van der Waals surface area contributed by atoms with Crippen molar-refractivity contribution in [2.45, 2.75) is 0 Å². The van der Waals surface area contributed by atoms with Crippen molar-refractivity contribution < 1.29 is 0 Å². The van der Waals surface area contributed by atoms with E-state index in [0.29, 0.717) is 0 Å². The van der Waals surface area contributed by atoms with Crippen LogP contribution >= 0.6 is 11.3 Å². The average Bonchev–Trinajstić information content (AvgIpc) is 2.88. The fourth-order valence-electron chi connectivity index (χ4n) is 1.97. The zero-order valence-electron chi connectivity index (χ0n) is 8.29. The smallest absolute Gasteiger partial charge is 0.234 e. The molecule has 0 aliphatic carbocycles. The molecule has 3 heterocycles. The molecular formula is C12H7N3S. The molecule has 0 spiro atoms. The van der Waals surface area contributed by atoms with Gasteiger partial charge in [0.15, 0.2) is 0 Å². The highest BCUT2D eigenvalue weighted by atomic mass is 32.1. The van der Waals surface area contributed by atoms with Crippen molar-refractivity contribution >= 4 is 37.4 Å². The molecule has 0 amide bonds. The summed E-state index contributed by atoms with van der Waals surface area (Å²) >= 11 is 1.77. The van der Waals surface area contributed by atoms with Gasteiger partial charge in [0.1, 0.15) is 0 Å². The highest BCUT2D eigenvalue weighted by molar-refractivity contribution is 7.25. The summed E-state index contributed by atoms with van der Waals surface area (Å²) in [5, 5.41) is 1.22. The number of nitrogens with zero attached hydrogens (tertiary/aromatic N) is 3. The van der Waals surface area contributed by atoms with Crippen molar-refractivity contribution in [3.8, 4) is 0 Å². The molecular weight excluding hydrogens is 218 g/mol. The molecule has 0 saturated heterocycles. The summed E-state index contributed by atoms with van der Waals surface area (Å²) in [7, 11) is 0. The van der Waals surface area contributed by atoms with Crippen LogP contribution in [-0.4, -0.2) is 14.4 Å². The lowest BCUT2D eigenvalue weighted by atomic mass is 10.2. The number of aromatic nitrogens is 3. The second kappa shape index (κ2) is 2.80. The molecule has 0 aliphatic rings. The summed E-state index contributed by atoms with van der Waals surface area (Å²) in [4.78, 5) is 8.80. The summed E-state index contributed by atoms with van der Waals surface area (Å²) in [6.07, 6.45) is 5.79. The minimum atomic E-state index is 0.760. The Hall–Kier alpha value is -1.94. The maximum atomic E-state index is 4.59. The van der Waals surface area contributed by atoms with Crippen LogP contribution in [0.1, 0.15) is 0 Å². The number of hydrogen-bond donors (Lipinski definition) is 0. The van der Waals surface area contributed by atoms with Gasteiger partial charge in [0.2, 0.25) is 5.78 Å². The molecule has 4 rings (SSSR count). The van der Waals surface area contributed by atoms with E-state index in [0.717, 1.165) is 11.3 Å². The second-order valence-electron chi connectivity index (χ2n) is 3.69. The molecule has 0 aliphatic heterocycles. The average molecular weight is 225 g/mol. The van der Waals surface area contributed by atoms with E-state index in [1.807, 2.05) is 16.7 Å². The predicted octanol–water partition coefficient (Wildman–Crippen LogP) is 3.10. The highest BCUT2D eigenvalue weighted by Crippen LogP contribution is 2.32. The topological polar surface area (TPSA) is 30.2 Å². The van der Waals surface area contributed by atoms with Crippen LogP contribution in [0.2, 0.25) is 0 Å². The third-order valence-corrected chi connectivity index (χ3v) is 3.81. The van der Waals surface area contributed by atoms with E-state index < -0.39 is 0 Å². The molecule has 0 atom stereocenters. The normalized spacial score (nSPS) is 11.8. The van der Waals surface area contributed by atoms with Gasteiger partial charge in [-0.3, -0.25) is 4.40 Å². The van der Waals surface area contributed by atoms with Crippen LogP contribution in [0.3, 0.4) is 0 Å². The molecule has 0 N–H and O–H groups in total. The minimum Gasteiger partial charge on any atom is -0.290 e. The van der Waals surface area contributed by atoms with E-state index >= 15 is 0 Å². The van der Waals surface area contributed by atoms with E-state index in [1.54, 1.807) is 17.5 Å². The van der Waals surface area contributed by atoms with Crippen molar-refractivity contribution in [1.82, 2.24) is 14.4 Å². The van der Waals surface area contributed by atoms with Crippen LogP contribution in [0.15, 0.2) is 42.9 Å². The third-order valence-electron chi connectivity index (χ3n) is 2.71. The van der Waals surface area contributed by atoms with Gasteiger partial charge in [-0.15, -0.1) is 11.3 Å². The van der Waals surface area contributed by atoms with Gasteiger partial charge < -0.3 is 0 Å². The number of hydrogen-bond acceptors (Lipinski definition) is 3. The predicted molar refractivity (Wildman–Crippen MR) is 65.9 cm³/mol. The van der Waals surface area contributed by atoms with Gasteiger partial charge in [-0.25, -0.2) is 9.97 Å². The van der Waals surface area contributed by atoms with Gasteiger partial charge in [-0.1, -0.05) is 18.2 Å². The van der Waals surface area contributed by atoms with E-state index in [-0.39, 0.29) is 0 Å². The minimum absolute atomic E-state index is 0.760. The monoisotopic (exact) mass is 225 g/mol. The molecule has 4 heteroatoms. The maximum absolute atomic E-state index is 4.59. The molecule has 1 aromatic carbocycles. The first-order valence-corrected chi connectivity index (χ1v) is 5.84. The Balaban J connectivity index is 2.32. The van der Waals surface area contributed by atoms with Crippen LogP contribution in [0, 0.1) is 0 Å². The molecule has 0 unspecified atom stereocenters. The lowest BCUT2D eigenvalue weighted by molar-refractivity contribution is 1.15. The van der Waals surface area contributed by atoms with Crippen molar-refractivity contribution in [2.24, 2.45) is 0 Å². The van der Waals surface area contributed by atoms with E-state index in [4.69, 9.17) is 0 Å². The van der Waals surface area contributed by atoms with Crippen LogP contribution in [0.5, 0.6) is 0 Å². The summed E-state index contributed by atoms with van der Waals surface area (Å²) in [5.41, 5.74) is 1.05. The fourth-order valence-corrected chi connectivity index (χ4v) is 3.05. The number of benzene rings is 1. The number of imidazole rings is 1. The van der Waals surface area contributed by atoms with E-state index in [1.165, 1.54) is 14.8 Å².